The van der Waals surface area contributed by atoms with Crippen molar-refractivity contribution in [3.63, 3.8) is 0 Å². The van der Waals surface area contributed by atoms with E-state index in [-0.39, 0.29) is 17.4 Å². The SMILES string of the molecule is C#CCOc1ccc2cc(C3(c4ccc5c(C(C)(CC)CC)c(OCC)ccc5c4)c4ccccc4-c4ccccc43)ccc2c1C(C)(CC)CC. The lowest BCUT2D eigenvalue weighted by molar-refractivity contribution is 0.322. The summed E-state index contributed by atoms with van der Waals surface area (Å²) in [5.74, 6) is 4.57. The molecule has 1 aliphatic rings. The molecule has 0 saturated heterocycles. The summed E-state index contributed by atoms with van der Waals surface area (Å²) in [5, 5.41) is 4.95. The van der Waals surface area contributed by atoms with E-state index in [1.54, 1.807) is 0 Å². The van der Waals surface area contributed by atoms with Gasteiger partial charge in [-0.2, -0.15) is 0 Å². The van der Waals surface area contributed by atoms with E-state index in [1.807, 2.05) is 0 Å². The van der Waals surface area contributed by atoms with Crippen LogP contribution in [-0.4, -0.2) is 13.2 Å². The van der Waals surface area contributed by atoms with E-state index in [0.29, 0.717) is 6.61 Å². The van der Waals surface area contributed by atoms with Crippen molar-refractivity contribution in [1.29, 1.82) is 0 Å². The first-order chi connectivity index (χ1) is 25.2. The lowest BCUT2D eigenvalue weighted by Crippen LogP contribution is -2.29. The van der Waals surface area contributed by atoms with Gasteiger partial charge >= 0.3 is 0 Å². The number of hydrogen-bond acceptors (Lipinski definition) is 2. The second-order valence-corrected chi connectivity index (χ2v) is 15.1. The number of hydrogen-bond donors (Lipinski definition) is 0. The fourth-order valence-electron chi connectivity index (χ4n) is 9.08. The maximum absolute atomic E-state index is 6.31. The Morgan fingerprint density at radius 1 is 0.558 bits per heavy atom. The first-order valence-electron chi connectivity index (χ1n) is 19.3. The Labute approximate surface area is 311 Å². The van der Waals surface area contributed by atoms with Gasteiger partial charge in [-0.05, 0) is 123 Å². The van der Waals surface area contributed by atoms with Gasteiger partial charge in [0.15, 0.2) is 0 Å². The molecule has 0 bridgehead atoms. The molecule has 6 aromatic carbocycles. The van der Waals surface area contributed by atoms with E-state index in [4.69, 9.17) is 15.9 Å². The normalized spacial score (nSPS) is 13.5. The highest BCUT2D eigenvalue weighted by atomic mass is 16.5. The van der Waals surface area contributed by atoms with Crippen LogP contribution in [0.25, 0.3) is 32.7 Å². The van der Waals surface area contributed by atoms with Crippen LogP contribution in [0.2, 0.25) is 0 Å². The Balaban J connectivity index is 1.55. The summed E-state index contributed by atoms with van der Waals surface area (Å²) in [7, 11) is 0. The van der Waals surface area contributed by atoms with E-state index in [9.17, 15) is 0 Å². The highest BCUT2D eigenvalue weighted by Gasteiger charge is 2.46. The molecule has 0 atom stereocenters. The first-order valence-corrected chi connectivity index (χ1v) is 19.3. The Morgan fingerprint density at radius 3 is 1.42 bits per heavy atom. The average Bonchev–Trinajstić information content (AvgIpc) is 3.50. The second kappa shape index (κ2) is 13.9. The molecule has 0 radical (unpaired) electrons. The molecule has 52 heavy (non-hydrogen) atoms. The van der Waals surface area contributed by atoms with Crippen molar-refractivity contribution >= 4 is 21.5 Å². The van der Waals surface area contributed by atoms with Crippen molar-refractivity contribution in [3.8, 4) is 35.0 Å². The Kier molecular flexibility index (Phi) is 9.43. The predicted molar refractivity (Wildman–Crippen MR) is 220 cm³/mol. The number of benzene rings is 6. The summed E-state index contributed by atoms with van der Waals surface area (Å²) in [4.78, 5) is 0. The van der Waals surface area contributed by atoms with Crippen molar-refractivity contribution in [1.82, 2.24) is 0 Å². The van der Waals surface area contributed by atoms with Gasteiger partial charge in [-0.25, -0.2) is 0 Å². The highest BCUT2D eigenvalue weighted by molar-refractivity contribution is 5.95. The predicted octanol–water partition coefficient (Wildman–Crippen LogP) is 12.9. The molecule has 0 aromatic heterocycles. The largest absolute Gasteiger partial charge is 0.494 e. The summed E-state index contributed by atoms with van der Waals surface area (Å²) < 4.78 is 12.5. The average molecular weight is 685 g/mol. The molecule has 0 aliphatic heterocycles. The van der Waals surface area contributed by atoms with Gasteiger partial charge in [-0.3, -0.25) is 0 Å². The molecule has 0 amide bonds. The third-order valence-corrected chi connectivity index (χ3v) is 12.7. The maximum Gasteiger partial charge on any atom is 0.148 e. The molecule has 264 valence electrons. The van der Waals surface area contributed by atoms with Gasteiger partial charge in [0.1, 0.15) is 18.1 Å². The first kappa shape index (κ1) is 35.4. The maximum atomic E-state index is 6.31. The number of ether oxygens (including phenoxy) is 2. The van der Waals surface area contributed by atoms with E-state index >= 15 is 0 Å². The van der Waals surface area contributed by atoms with Crippen LogP contribution in [0.15, 0.2) is 109 Å². The molecule has 7 rings (SSSR count). The van der Waals surface area contributed by atoms with Crippen LogP contribution in [-0.2, 0) is 16.2 Å². The Bertz CT molecular complexity index is 2260. The molecular weight excluding hydrogens is 633 g/mol. The Morgan fingerprint density at radius 2 is 1.00 bits per heavy atom. The fraction of sp³-hybridized carbons (Fsp3) is 0.320. The number of rotatable bonds is 12. The summed E-state index contributed by atoms with van der Waals surface area (Å²) in [5.41, 5.74) is 9.72. The highest BCUT2D eigenvalue weighted by Crippen LogP contribution is 2.57. The van der Waals surface area contributed by atoms with Crippen LogP contribution < -0.4 is 9.47 Å². The quantitative estimate of drug-likeness (QED) is 0.119. The monoisotopic (exact) mass is 684 g/mol. The minimum Gasteiger partial charge on any atom is -0.494 e. The van der Waals surface area contributed by atoms with Gasteiger partial charge in [0.25, 0.3) is 0 Å². The minimum absolute atomic E-state index is 0.0000878. The van der Waals surface area contributed by atoms with Gasteiger partial charge in [0.2, 0.25) is 0 Å². The lowest BCUT2D eigenvalue weighted by Gasteiger charge is -2.36. The molecule has 6 aromatic rings. The van der Waals surface area contributed by atoms with Crippen LogP contribution in [0, 0.1) is 12.3 Å². The van der Waals surface area contributed by atoms with Crippen LogP contribution in [0.4, 0.5) is 0 Å². The molecule has 0 heterocycles. The van der Waals surface area contributed by atoms with E-state index in [1.165, 1.54) is 66.1 Å². The summed E-state index contributed by atoms with van der Waals surface area (Å²) in [6.45, 7) is 16.9. The zero-order chi connectivity index (χ0) is 36.7. The van der Waals surface area contributed by atoms with Crippen molar-refractivity contribution in [2.24, 2.45) is 0 Å². The van der Waals surface area contributed by atoms with Crippen LogP contribution in [0.1, 0.15) is 108 Å². The van der Waals surface area contributed by atoms with E-state index < -0.39 is 5.41 Å². The van der Waals surface area contributed by atoms with Gasteiger partial charge < -0.3 is 9.47 Å². The standard InChI is InChI=1S/C50H52O2/c1-9-31-52-45-30-24-35-33-37(26-28-39(35)47(45)49(8,12-4)13-5)50(42-21-17-15-19-40(42)41-20-16-18-22-43(41)50)36-25-27-38-34(32-36)23-29-44(51-14-6)46(38)48(7,10-2)11-3/h1,15-30,32-33H,10-14,31H2,2-8H3. The molecular formula is C50H52O2. The van der Waals surface area contributed by atoms with Crippen LogP contribution in [0.5, 0.6) is 11.5 Å². The van der Waals surface area contributed by atoms with Crippen molar-refractivity contribution in [2.45, 2.75) is 90.4 Å². The second-order valence-electron chi connectivity index (χ2n) is 15.1. The molecule has 0 fully saturated rings. The molecule has 1 aliphatic carbocycles. The smallest absolute Gasteiger partial charge is 0.148 e. The lowest BCUT2D eigenvalue weighted by atomic mass is 9.66. The number of terminal acetylenes is 1. The molecule has 0 saturated carbocycles. The fourth-order valence-corrected chi connectivity index (χ4v) is 9.08. The molecule has 2 nitrogen and oxygen atoms in total. The van der Waals surface area contributed by atoms with Crippen LogP contribution >= 0.6 is 0 Å². The minimum atomic E-state index is -0.523. The van der Waals surface area contributed by atoms with E-state index in [2.05, 4.69) is 164 Å². The van der Waals surface area contributed by atoms with Gasteiger partial charge in [0.05, 0.1) is 12.0 Å². The van der Waals surface area contributed by atoms with E-state index in [0.717, 1.165) is 37.2 Å². The Hall–Kier alpha value is -5.00. The van der Waals surface area contributed by atoms with Crippen molar-refractivity contribution < 1.29 is 9.47 Å². The molecule has 0 unspecified atom stereocenters. The van der Waals surface area contributed by atoms with Crippen LogP contribution in [0.3, 0.4) is 0 Å². The van der Waals surface area contributed by atoms with Crippen molar-refractivity contribution in [2.75, 3.05) is 13.2 Å². The topological polar surface area (TPSA) is 18.5 Å². The van der Waals surface area contributed by atoms with Gasteiger partial charge in [0, 0.05) is 11.1 Å². The zero-order valence-corrected chi connectivity index (χ0v) is 32.0. The third kappa shape index (κ3) is 5.32. The molecule has 0 spiro atoms. The summed E-state index contributed by atoms with van der Waals surface area (Å²) in [6, 6.07) is 41.2. The molecule has 2 heteroatoms. The number of fused-ring (bicyclic) bond motifs is 5. The molecule has 0 N–H and O–H groups in total. The van der Waals surface area contributed by atoms with Gasteiger partial charge in [-0.15, -0.1) is 6.42 Å². The third-order valence-electron chi connectivity index (χ3n) is 12.7. The zero-order valence-electron chi connectivity index (χ0n) is 32.0. The summed E-state index contributed by atoms with van der Waals surface area (Å²) in [6.07, 6.45) is 9.75. The van der Waals surface area contributed by atoms with Gasteiger partial charge in [-0.1, -0.05) is 132 Å². The van der Waals surface area contributed by atoms with Crippen molar-refractivity contribution in [3.05, 3.63) is 143 Å². The summed E-state index contributed by atoms with van der Waals surface area (Å²) >= 11 is 0.